The summed E-state index contributed by atoms with van der Waals surface area (Å²) in [5.74, 6) is 0.802. The third-order valence-electron chi connectivity index (χ3n) is 7.26. The molecular formula is C29H40FN3O. The van der Waals surface area contributed by atoms with Crippen LogP contribution in [-0.4, -0.2) is 67.7 Å². The highest BCUT2D eigenvalue weighted by molar-refractivity contribution is 5.94. The summed E-state index contributed by atoms with van der Waals surface area (Å²) < 4.78 is 13.9. The zero-order valence-corrected chi connectivity index (χ0v) is 21.1. The van der Waals surface area contributed by atoms with Crippen LogP contribution in [0.5, 0.6) is 0 Å². The fraction of sp³-hybridized carbons (Fsp3) is 0.552. The third kappa shape index (κ3) is 6.59. The average molecular weight is 466 g/mol. The maximum Gasteiger partial charge on any atom is 0.253 e. The summed E-state index contributed by atoms with van der Waals surface area (Å²) in [4.78, 5) is 19.3. The van der Waals surface area contributed by atoms with Crippen molar-refractivity contribution in [3.63, 3.8) is 0 Å². The van der Waals surface area contributed by atoms with Crippen LogP contribution in [0.1, 0.15) is 56.3 Å². The van der Waals surface area contributed by atoms with Crippen molar-refractivity contribution in [3.05, 3.63) is 54.1 Å². The molecule has 4 nitrogen and oxygen atoms in total. The second-order valence-corrected chi connectivity index (χ2v) is 10.8. The molecule has 0 spiro atoms. The number of hydrogen-bond donors (Lipinski definition) is 0. The van der Waals surface area contributed by atoms with Gasteiger partial charge in [-0.25, -0.2) is 4.39 Å². The number of carbonyl (C=O) groups excluding carboxylic acids is 1. The summed E-state index contributed by atoms with van der Waals surface area (Å²) in [6.07, 6.45) is 5.71. The van der Waals surface area contributed by atoms with Crippen molar-refractivity contribution in [1.82, 2.24) is 9.80 Å². The molecule has 184 valence electrons. The topological polar surface area (TPSA) is 26.8 Å². The number of piperidine rings is 2. The van der Waals surface area contributed by atoms with Crippen LogP contribution in [0.3, 0.4) is 0 Å². The van der Waals surface area contributed by atoms with Gasteiger partial charge in [-0.1, -0.05) is 24.3 Å². The molecule has 2 fully saturated rings. The van der Waals surface area contributed by atoms with E-state index in [2.05, 4.69) is 53.2 Å². The molecule has 0 aliphatic carbocycles. The number of benzene rings is 2. The monoisotopic (exact) mass is 465 g/mol. The molecular weight excluding hydrogens is 425 g/mol. The van der Waals surface area contributed by atoms with Crippen LogP contribution in [0.15, 0.2) is 48.5 Å². The zero-order valence-electron chi connectivity index (χ0n) is 21.1. The van der Waals surface area contributed by atoms with Crippen molar-refractivity contribution >= 4 is 11.6 Å². The maximum absolute atomic E-state index is 13.9. The minimum atomic E-state index is -1.12. The Labute approximate surface area is 204 Å². The number of halogens is 1. The summed E-state index contributed by atoms with van der Waals surface area (Å²) in [5.41, 5.74) is 3.18. The SMILES string of the molecule is CN(CC1CCN(CC(C)(C)F)CC1)c1ccc(-c2ccc(C(=O)N3CCCCC3)cc2)cc1. The van der Waals surface area contributed by atoms with Crippen molar-refractivity contribution < 1.29 is 9.18 Å². The first-order valence-electron chi connectivity index (χ1n) is 12.9. The van der Waals surface area contributed by atoms with Gasteiger partial charge in [-0.2, -0.15) is 0 Å². The van der Waals surface area contributed by atoms with Crippen LogP contribution >= 0.6 is 0 Å². The molecule has 2 saturated heterocycles. The lowest BCUT2D eigenvalue weighted by Gasteiger charge is -2.36. The van der Waals surface area contributed by atoms with Crippen molar-refractivity contribution in [1.29, 1.82) is 0 Å². The molecule has 2 aromatic rings. The van der Waals surface area contributed by atoms with E-state index in [4.69, 9.17) is 0 Å². The van der Waals surface area contributed by atoms with E-state index in [1.165, 1.54) is 12.1 Å². The molecule has 2 aliphatic heterocycles. The van der Waals surface area contributed by atoms with Gasteiger partial charge in [0.05, 0.1) is 0 Å². The molecule has 0 saturated carbocycles. The lowest BCUT2D eigenvalue weighted by atomic mass is 9.95. The van der Waals surface area contributed by atoms with E-state index in [0.29, 0.717) is 12.5 Å². The standard InChI is InChI=1S/C29H40FN3O/c1-29(2,30)22-32-19-15-23(16-20-32)21-31(3)27-13-11-25(12-14-27)24-7-9-26(10-8-24)28(34)33-17-5-4-6-18-33/h7-14,23H,4-6,15-22H2,1-3H3. The molecule has 1 amide bonds. The van der Waals surface area contributed by atoms with E-state index < -0.39 is 5.67 Å². The van der Waals surface area contributed by atoms with Gasteiger partial charge >= 0.3 is 0 Å². The number of carbonyl (C=O) groups is 1. The van der Waals surface area contributed by atoms with E-state index >= 15 is 0 Å². The van der Waals surface area contributed by atoms with Gasteiger partial charge in [0.1, 0.15) is 5.67 Å². The van der Waals surface area contributed by atoms with Gasteiger partial charge in [0.2, 0.25) is 0 Å². The minimum Gasteiger partial charge on any atom is -0.374 e. The minimum absolute atomic E-state index is 0.155. The van der Waals surface area contributed by atoms with E-state index in [0.717, 1.165) is 75.1 Å². The molecule has 0 radical (unpaired) electrons. The fourth-order valence-electron chi connectivity index (χ4n) is 5.34. The van der Waals surface area contributed by atoms with Crippen LogP contribution in [0.25, 0.3) is 11.1 Å². The molecule has 0 aromatic heterocycles. The van der Waals surface area contributed by atoms with Gasteiger partial charge in [-0.15, -0.1) is 0 Å². The van der Waals surface area contributed by atoms with Crippen LogP contribution in [0, 0.1) is 5.92 Å². The van der Waals surface area contributed by atoms with Crippen molar-refractivity contribution in [3.8, 4) is 11.1 Å². The van der Waals surface area contributed by atoms with Crippen LogP contribution in [0.4, 0.5) is 10.1 Å². The van der Waals surface area contributed by atoms with Crippen molar-refractivity contribution in [2.24, 2.45) is 5.92 Å². The highest BCUT2D eigenvalue weighted by atomic mass is 19.1. The molecule has 2 heterocycles. The highest BCUT2D eigenvalue weighted by Gasteiger charge is 2.26. The van der Waals surface area contributed by atoms with Crippen LogP contribution in [-0.2, 0) is 0 Å². The van der Waals surface area contributed by atoms with Crippen molar-refractivity contribution in [2.75, 3.05) is 51.2 Å². The first-order chi connectivity index (χ1) is 16.3. The number of likely N-dealkylation sites (tertiary alicyclic amines) is 2. The summed E-state index contributed by atoms with van der Waals surface area (Å²) >= 11 is 0. The smallest absolute Gasteiger partial charge is 0.253 e. The molecule has 2 aromatic carbocycles. The van der Waals surface area contributed by atoms with Crippen LogP contribution in [0.2, 0.25) is 0 Å². The van der Waals surface area contributed by atoms with Crippen LogP contribution < -0.4 is 4.90 Å². The predicted molar refractivity (Wildman–Crippen MR) is 139 cm³/mol. The van der Waals surface area contributed by atoms with Gasteiger partial charge in [0.15, 0.2) is 0 Å². The van der Waals surface area contributed by atoms with Gasteiger partial charge in [0.25, 0.3) is 5.91 Å². The summed E-state index contributed by atoms with van der Waals surface area (Å²) in [6, 6.07) is 16.7. The maximum atomic E-state index is 13.9. The second-order valence-electron chi connectivity index (χ2n) is 10.8. The molecule has 4 rings (SSSR count). The first-order valence-corrected chi connectivity index (χ1v) is 12.9. The molecule has 0 unspecified atom stereocenters. The third-order valence-corrected chi connectivity index (χ3v) is 7.26. The Morgan fingerprint density at radius 3 is 2.03 bits per heavy atom. The Balaban J connectivity index is 1.30. The fourth-order valence-corrected chi connectivity index (χ4v) is 5.34. The number of alkyl halides is 1. The number of rotatable bonds is 7. The summed E-state index contributed by atoms with van der Waals surface area (Å²) in [7, 11) is 2.16. The Hall–Kier alpha value is -2.40. The van der Waals surface area contributed by atoms with E-state index in [1.54, 1.807) is 13.8 Å². The molecule has 34 heavy (non-hydrogen) atoms. The predicted octanol–water partition coefficient (Wildman–Crippen LogP) is 5.88. The molecule has 0 bridgehead atoms. The molecule has 0 atom stereocenters. The number of nitrogens with zero attached hydrogens (tertiary/aromatic N) is 3. The van der Waals surface area contributed by atoms with E-state index in [1.807, 2.05) is 17.0 Å². The molecule has 2 aliphatic rings. The average Bonchev–Trinajstić information content (AvgIpc) is 2.85. The number of hydrogen-bond acceptors (Lipinski definition) is 3. The lowest BCUT2D eigenvalue weighted by Crippen LogP contribution is -2.42. The highest BCUT2D eigenvalue weighted by Crippen LogP contribution is 2.26. The summed E-state index contributed by atoms with van der Waals surface area (Å²) in [6.45, 7) is 8.63. The van der Waals surface area contributed by atoms with E-state index in [-0.39, 0.29) is 5.91 Å². The zero-order chi connectivity index (χ0) is 24.1. The summed E-state index contributed by atoms with van der Waals surface area (Å²) in [5, 5.41) is 0. The largest absolute Gasteiger partial charge is 0.374 e. The number of amides is 1. The Morgan fingerprint density at radius 1 is 0.912 bits per heavy atom. The van der Waals surface area contributed by atoms with Crippen molar-refractivity contribution in [2.45, 2.75) is 51.6 Å². The van der Waals surface area contributed by atoms with Gasteiger partial charge in [-0.05, 0) is 100 Å². The molecule has 0 N–H and O–H groups in total. The number of anilines is 1. The first kappa shape index (κ1) is 24.7. The quantitative estimate of drug-likeness (QED) is 0.511. The van der Waals surface area contributed by atoms with E-state index in [9.17, 15) is 9.18 Å². The Kier molecular flexibility index (Phi) is 7.92. The van der Waals surface area contributed by atoms with Gasteiger partial charge in [0, 0.05) is 44.5 Å². The van der Waals surface area contributed by atoms with Gasteiger partial charge in [-0.3, -0.25) is 4.79 Å². The normalized spacial score (nSPS) is 18.2. The van der Waals surface area contributed by atoms with Gasteiger partial charge < -0.3 is 14.7 Å². The molecule has 5 heteroatoms. The Morgan fingerprint density at radius 2 is 1.47 bits per heavy atom. The Bertz CT molecular complexity index is 921. The lowest BCUT2D eigenvalue weighted by molar-refractivity contribution is 0.0724. The second kappa shape index (κ2) is 10.9.